The van der Waals surface area contributed by atoms with Gasteiger partial charge in [0, 0.05) is 37.8 Å². The Bertz CT molecular complexity index is 849. The van der Waals surface area contributed by atoms with Crippen LogP contribution in [-0.4, -0.2) is 52.3 Å². The first-order chi connectivity index (χ1) is 13.3. The van der Waals surface area contributed by atoms with E-state index < -0.39 is 15.9 Å². The van der Waals surface area contributed by atoms with Crippen LogP contribution in [0.3, 0.4) is 0 Å². The van der Waals surface area contributed by atoms with Crippen LogP contribution in [0.15, 0.2) is 18.2 Å². The number of benzene rings is 1. The molecule has 2 aliphatic rings. The van der Waals surface area contributed by atoms with Crippen LogP contribution in [0.5, 0.6) is 0 Å². The number of carbonyl (C=O) groups is 2. The first kappa shape index (κ1) is 20.6. The highest BCUT2D eigenvalue weighted by molar-refractivity contribution is 7.92. The van der Waals surface area contributed by atoms with Gasteiger partial charge in [0.25, 0.3) is 5.91 Å². The van der Waals surface area contributed by atoms with Crippen LogP contribution in [0, 0.1) is 5.92 Å². The molecule has 0 bridgehead atoms. The fraction of sp³-hybridized carbons (Fsp3) is 0.579. The van der Waals surface area contributed by atoms with Crippen molar-refractivity contribution in [2.24, 2.45) is 11.7 Å². The Hall–Kier alpha value is -2.13. The lowest BCUT2D eigenvalue weighted by Gasteiger charge is -2.31. The summed E-state index contributed by atoms with van der Waals surface area (Å²) in [5, 5.41) is 2.96. The van der Waals surface area contributed by atoms with Crippen molar-refractivity contribution in [2.45, 2.75) is 38.1 Å². The predicted molar refractivity (Wildman–Crippen MR) is 106 cm³/mol. The summed E-state index contributed by atoms with van der Waals surface area (Å²) in [4.78, 5) is 24.3. The van der Waals surface area contributed by atoms with Gasteiger partial charge in [-0.15, -0.1) is 0 Å². The number of primary amides is 1. The minimum absolute atomic E-state index is 0.0865. The molecular formula is C19H27N3O5S. The summed E-state index contributed by atoms with van der Waals surface area (Å²) in [6, 6.07) is 4.72. The SMILES string of the molecule is CS(=O)(=O)N1CCCc2cc(C(=O)N[C@H](CC(N)=O)C3CCOCC3)ccc21. The van der Waals surface area contributed by atoms with E-state index >= 15 is 0 Å². The summed E-state index contributed by atoms with van der Waals surface area (Å²) in [6.07, 6.45) is 4.23. The number of carbonyl (C=O) groups excluding carboxylic acids is 2. The van der Waals surface area contributed by atoms with Gasteiger partial charge in [-0.1, -0.05) is 0 Å². The van der Waals surface area contributed by atoms with E-state index in [1.54, 1.807) is 18.2 Å². The third-order valence-electron chi connectivity index (χ3n) is 5.39. The Balaban J connectivity index is 1.78. The lowest BCUT2D eigenvalue weighted by Crippen LogP contribution is -2.44. The van der Waals surface area contributed by atoms with Gasteiger partial charge < -0.3 is 15.8 Å². The molecule has 1 saturated heterocycles. The fourth-order valence-electron chi connectivity index (χ4n) is 3.97. The molecule has 2 heterocycles. The number of ether oxygens (including phenoxy) is 1. The van der Waals surface area contributed by atoms with E-state index in [1.165, 1.54) is 10.6 Å². The lowest BCUT2D eigenvalue weighted by molar-refractivity contribution is -0.118. The molecule has 8 nitrogen and oxygen atoms in total. The summed E-state index contributed by atoms with van der Waals surface area (Å²) < 4.78 is 30.7. The van der Waals surface area contributed by atoms with Gasteiger partial charge in [-0.05, 0) is 55.4 Å². The van der Waals surface area contributed by atoms with Crippen LogP contribution in [-0.2, 0) is 26.0 Å². The zero-order valence-corrected chi connectivity index (χ0v) is 16.8. The number of fused-ring (bicyclic) bond motifs is 1. The van der Waals surface area contributed by atoms with E-state index in [4.69, 9.17) is 10.5 Å². The Morgan fingerprint density at radius 2 is 2.04 bits per heavy atom. The summed E-state index contributed by atoms with van der Waals surface area (Å²) in [6.45, 7) is 1.66. The number of nitrogens with zero attached hydrogens (tertiary/aromatic N) is 1. The second-order valence-electron chi connectivity index (χ2n) is 7.48. The molecule has 154 valence electrons. The normalized spacial score (nSPS) is 19.0. The van der Waals surface area contributed by atoms with Crippen molar-refractivity contribution in [2.75, 3.05) is 30.3 Å². The van der Waals surface area contributed by atoms with Crippen molar-refractivity contribution in [1.29, 1.82) is 0 Å². The number of hydrogen-bond donors (Lipinski definition) is 2. The molecule has 0 unspecified atom stereocenters. The third-order valence-corrected chi connectivity index (χ3v) is 6.57. The molecule has 28 heavy (non-hydrogen) atoms. The van der Waals surface area contributed by atoms with Gasteiger partial charge in [-0.25, -0.2) is 8.42 Å². The minimum Gasteiger partial charge on any atom is -0.381 e. The average Bonchev–Trinajstić information content (AvgIpc) is 2.66. The van der Waals surface area contributed by atoms with Crippen molar-refractivity contribution in [1.82, 2.24) is 5.32 Å². The molecule has 0 radical (unpaired) electrons. The maximum Gasteiger partial charge on any atom is 0.251 e. The summed E-state index contributed by atoms with van der Waals surface area (Å²) in [5.74, 6) is -0.591. The van der Waals surface area contributed by atoms with E-state index in [0.29, 0.717) is 43.9 Å². The Kier molecular flexibility index (Phi) is 6.24. The topological polar surface area (TPSA) is 119 Å². The highest BCUT2D eigenvalue weighted by atomic mass is 32.2. The molecule has 2 aliphatic heterocycles. The maximum atomic E-state index is 12.8. The number of amides is 2. The summed E-state index contributed by atoms with van der Waals surface area (Å²) in [7, 11) is -3.35. The second kappa shape index (κ2) is 8.48. The highest BCUT2D eigenvalue weighted by Crippen LogP contribution is 2.30. The zero-order chi connectivity index (χ0) is 20.3. The molecule has 1 aromatic rings. The van der Waals surface area contributed by atoms with Crippen LogP contribution in [0.2, 0.25) is 0 Å². The molecule has 0 saturated carbocycles. The molecular weight excluding hydrogens is 382 g/mol. The Morgan fingerprint density at radius 1 is 1.32 bits per heavy atom. The standard InChI is InChI=1S/C19H27N3O5S/c1-28(25,26)22-8-2-3-14-11-15(4-5-17(14)22)19(24)21-16(12-18(20)23)13-6-9-27-10-7-13/h4-5,11,13,16H,2-3,6-10,12H2,1H3,(H2,20,23)(H,21,24)/t16-/m1/s1. The number of sulfonamides is 1. The van der Waals surface area contributed by atoms with Crippen molar-refractivity contribution in [3.8, 4) is 0 Å². The van der Waals surface area contributed by atoms with Crippen LogP contribution in [0.1, 0.15) is 41.6 Å². The minimum atomic E-state index is -3.35. The quantitative estimate of drug-likeness (QED) is 0.720. The molecule has 0 spiro atoms. The molecule has 1 atom stereocenters. The Labute approximate surface area is 165 Å². The maximum absolute atomic E-state index is 12.8. The van der Waals surface area contributed by atoms with Gasteiger partial charge in [-0.3, -0.25) is 13.9 Å². The van der Waals surface area contributed by atoms with Crippen LogP contribution in [0.4, 0.5) is 5.69 Å². The molecule has 0 aromatic heterocycles. The second-order valence-corrected chi connectivity index (χ2v) is 9.39. The average molecular weight is 410 g/mol. The lowest BCUT2D eigenvalue weighted by atomic mass is 9.89. The number of anilines is 1. The van der Waals surface area contributed by atoms with Gasteiger partial charge in [0.1, 0.15) is 0 Å². The van der Waals surface area contributed by atoms with E-state index in [-0.39, 0.29) is 24.3 Å². The third kappa shape index (κ3) is 4.82. The van der Waals surface area contributed by atoms with E-state index in [1.807, 2.05) is 0 Å². The first-order valence-electron chi connectivity index (χ1n) is 9.53. The highest BCUT2D eigenvalue weighted by Gasteiger charge is 2.28. The smallest absolute Gasteiger partial charge is 0.251 e. The van der Waals surface area contributed by atoms with Crippen LogP contribution in [0.25, 0.3) is 0 Å². The number of nitrogens with one attached hydrogen (secondary N) is 1. The molecule has 0 aliphatic carbocycles. The number of rotatable bonds is 6. The fourth-order valence-corrected chi connectivity index (χ4v) is 4.97. The molecule has 3 N–H and O–H groups in total. The predicted octanol–water partition coefficient (Wildman–Crippen LogP) is 0.799. The molecule has 9 heteroatoms. The molecule has 1 aromatic carbocycles. The molecule has 3 rings (SSSR count). The van der Waals surface area contributed by atoms with Gasteiger partial charge in [0.2, 0.25) is 15.9 Å². The van der Waals surface area contributed by atoms with E-state index in [9.17, 15) is 18.0 Å². The van der Waals surface area contributed by atoms with E-state index in [2.05, 4.69) is 5.32 Å². The van der Waals surface area contributed by atoms with Crippen molar-refractivity contribution in [3.63, 3.8) is 0 Å². The molecule has 1 fully saturated rings. The zero-order valence-electron chi connectivity index (χ0n) is 16.0. The van der Waals surface area contributed by atoms with Crippen molar-refractivity contribution in [3.05, 3.63) is 29.3 Å². The van der Waals surface area contributed by atoms with Gasteiger partial charge in [-0.2, -0.15) is 0 Å². The Morgan fingerprint density at radius 3 is 2.68 bits per heavy atom. The summed E-state index contributed by atoms with van der Waals surface area (Å²) in [5.41, 5.74) is 7.30. The van der Waals surface area contributed by atoms with E-state index in [0.717, 1.165) is 18.4 Å². The number of hydrogen-bond acceptors (Lipinski definition) is 5. The van der Waals surface area contributed by atoms with Gasteiger partial charge >= 0.3 is 0 Å². The van der Waals surface area contributed by atoms with Crippen LogP contribution >= 0.6 is 0 Å². The van der Waals surface area contributed by atoms with Crippen molar-refractivity contribution >= 4 is 27.5 Å². The largest absolute Gasteiger partial charge is 0.381 e. The summed E-state index contributed by atoms with van der Waals surface area (Å²) >= 11 is 0. The van der Waals surface area contributed by atoms with Crippen molar-refractivity contribution < 1.29 is 22.7 Å². The van der Waals surface area contributed by atoms with Gasteiger partial charge in [0.15, 0.2) is 0 Å². The monoisotopic (exact) mass is 409 g/mol. The van der Waals surface area contributed by atoms with Gasteiger partial charge in [0.05, 0.1) is 11.9 Å². The molecule has 2 amide bonds. The van der Waals surface area contributed by atoms with Crippen LogP contribution < -0.4 is 15.4 Å². The number of nitrogens with two attached hydrogens (primary N) is 1. The number of aryl methyl sites for hydroxylation is 1. The first-order valence-corrected chi connectivity index (χ1v) is 11.4.